The van der Waals surface area contributed by atoms with Crippen molar-refractivity contribution in [2.75, 3.05) is 76.2 Å². The third-order valence-corrected chi connectivity index (χ3v) is 17.3. The van der Waals surface area contributed by atoms with Crippen molar-refractivity contribution in [2.24, 2.45) is 0 Å². The molecule has 0 aromatic heterocycles. The van der Waals surface area contributed by atoms with Gasteiger partial charge in [0.05, 0.1) is 26.4 Å². The second kappa shape index (κ2) is 31.5. The van der Waals surface area contributed by atoms with E-state index in [1.807, 2.05) is 0 Å². The van der Waals surface area contributed by atoms with Gasteiger partial charge in [-0.25, -0.2) is 38.9 Å². The van der Waals surface area contributed by atoms with Gasteiger partial charge in [-0.1, -0.05) is 0 Å². The Morgan fingerprint density at radius 1 is 0.372 bits per heavy atom. The molecule has 7 aliphatic rings. The van der Waals surface area contributed by atoms with Crippen molar-refractivity contribution in [1.29, 1.82) is 0 Å². The highest BCUT2D eigenvalue weighted by Crippen LogP contribution is 2.46. The van der Waals surface area contributed by atoms with Crippen molar-refractivity contribution in [3.8, 4) is 0 Å². The maximum Gasteiger partial charge on any atom is 0.397 e. The Morgan fingerprint density at radius 2 is 0.713 bits per heavy atom. The average molecular weight is 1530 g/mol. The molecule has 0 aromatic carbocycles. The van der Waals surface area contributed by atoms with Crippen LogP contribution in [0.15, 0.2) is 0 Å². The fraction of sp³-hybridized carbons (Fsp3) is 0.947. The molecule has 7 saturated heterocycles. The maximum absolute atomic E-state index is 13.7. The van der Waals surface area contributed by atoms with Crippen molar-refractivity contribution >= 4 is 84.7 Å². The molecule has 94 heavy (non-hydrogen) atoms. The highest BCUT2D eigenvalue weighted by Gasteiger charge is 2.69. The van der Waals surface area contributed by atoms with E-state index in [-0.39, 0.29) is 0 Å². The molecular weight excluding hydrogens is 1460 g/mol. The van der Waals surface area contributed by atoms with Crippen LogP contribution in [0.1, 0.15) is 0 Å². The quantitative estimate of drug-likeness (QED) is 0.0270. The summed E-state index contributed by atoms with van der Waals surface area (Å²) in [6.45, 7) is -5.64. The van der Waals surface area contributed by atoms with E-state index in [2.05, 4.69) is 20.9 Å². The Labute approximate surface area is 532 Å². The number of ether oxygens (including phenoxy) is 17. The number of hydrogen-bond donors (Lipinski definition) is 9. The Bertz CT molecular complexity index is 3410. The van der Waals surface area contributed by atoms with Crippen LogP contribution in [0.3, 0.4) is 0 Å². The molecule has 0 amide bonds. The van der Waals surface area contributed by atoms with Gasteiger partial charge in [0, 0.05) is 49.8 Å². The van der Waals surface area contributed by atoms with Crippen molar-refractivity contribution in [2.45, 2.75) is 153 Å². The standard InChI is InChI=1S/C38H62O49S7/c1-64-15-12(8-72-88(43,44)45)76-33(25(68-5)18(15)65-2)80-20-19(66-3)26(69-6)34(81-24(20)31(39)40)78-16-14(10-74-90(49,50)51)77-35(29(87-94(61,62)63)22(16)85-92(55,56)57)82-30-23(67-4)27-36(83-38(30,11-71-27)37(41)42)79-17-13(9-73-89(46,47)48)75-32(70-7)28(86-93(58,59)60)21(17)84-91(52,53)54/h12-30,32-36H,8-11H2,1-7H3,(H,39,40)(H,41,42)(H,43,44,45)(H,46,47,48)(H,49,50,51)(H,52,53,54)(H,55,56,57)(H,58,59,60)(H,61,62,63)/t12-,13-,14-,15-,16-,17-,18+,19+,20+,21+,22+,23-,24+,25-,26-,27?,28-,29-,30+,32+,33-,34-,35-,36-,38-/m1/s1. The van der Waals surface area contributed by atoms with Crippen LogP contribution in [0.25, 0.3) is 0 Å². The lowest BCUT2D eigenvalue weighted by atomic mass is 9.83. The summed E-state index contributed by atoms with van der Waals surface area (Å²) >= 11 is 0. The second-order valence-corrected chi connectivity index (χ2v) is 27.2. The summed E-state index contributed by atoms with van der Waals surface area (Å²) in [5, 5.41) is 21.7. The van der Waals surface area contributed by atoms with E-state index in [9.17, 15) is 111 Å². The molecule has 25 atom stereocenters. The Balaban J connectivity index is 1.43. The summed E-state index contributed by atoms with van der Waals surface area (Å²) in [7, 11) is -34.1. The summed E-state index contributed by atoms with van der Waals surface area (Å²) in [6.07, 6.45) is -55.7. The zero-order chi connectivity index (χ0) is 70.8. The van der Waals surface area contributed by atoms with Crippen molar-refractivity contribution < 1.29 is 220 Å². The normalized spacial score (nSPS) is 38.9. The molecule has 1 unspecified atom stereocenters. The van der Waals surface area contributed by atoms with Crippen LogP contribution in [0.4, 0.5) is 0 Å². The minimum absolute atomic E-state index is 0.712. The predicted molar refractivity (Wildman–Crippen MR) is 277 cm³/mol. The van der Waals surface area contributed by atoms with E-state index in [1.165, 1.54) is 0 Å². The van der Waals surface area contributed by atoms with Crippen LogP contribution in [0, 0.1) is 0 Å². The first kappa shape index (κ1) is 80.3. The number of rotatable bonds is 34. The smallest absolute Gasteiger partial charge is 0.397 e. The highest BCUT2D eigenvalue weighted by molar-refractivity contribution is 7.82. The molecule has 7 aliphatic heterocycles. The number of carboxylic acid groups (broad SMARTS) is 2. The second-order valence-electron chi connectivity index (χ2n) is 19.7. The van der Waals surface area contributed by atoms with E-state index < -0.39 is 264 Å². The molecule has 9 N–H and O–H groups in total. The number of fused-ring (bicyclic) bond motifs is 3. The number of carboxylic acids is 2. The van der Waals surface area contributed by atoms with E-state index in [4.69, 9.17) is 88.9 Å². The van der Waals surface area contributed by atoms with Crippen molar-refractivity contribution in [1.82, 2.24) is 0 Å². The number of aliphatic carboxylic acids is 2. The van der Waals surface area contributed by atoms with Gasteiger partial charge in [-0.2, -0.15) is 58.9 Å². The molecular formula is C38H62O49S7. The molecule has 0 spiro atoms. The minimum atomic E-state index is -6.20. The summed E-state index contributed by atoms with van der Waals surface area (Å²) in [5.41, 5.74) is -3.36. The first-order valence-electron chi connectivity index (χ1n) is 25.4. The zero-order valence-electron chi connectivity index (χ0n) is 48.4. The van der Waals surface area contributed by atoms with Gasteiger partial charge >= 0.3 is 84.7 Å². The third-order valence-electron chi connectivity index (χ3n) is 14.1. The molecule has 49 nitrogen and oxygen atoms in total. The number of hydrogen-bond acceptors (Lipinski definition) is 40. The Morgan fingerprint density at radius 3 is 1.09 bits per heavy atom. The summed E-state index contributed by atoms with van der Waals surface area (Å²) in [6, 6.07) is 0. The third kappa shape index (κ3) is 20.5. The minimum Gasteiger partial charge on any atom is -0.479 e. The van der Waals surface area contributed by atoms with Crippen LogP contribution >= 0.6 is 0 Å². The molecule has 0 aromatic rings. The lowest BCUT2D eigenvalue weighted by molar-refractivity contribution is -0.427. The number of methoxy groups -OCH3 is 7. The molecule has 0 aliphatic carbocycles. The van der Waals surface area contributed by atoms with Crippen LogP contribution < -0.4 is 0 Å². The molecule has 0 radical (unpaired) electrons. The van der Waals surface area contributed by atoms with E-state index in [0.717, 1.165) is 42.7 Å². The first-order chi connectivity index (χ1) is 43.2. The van der Waals surface area contributed by atoms with E-state index >= 15 is 0 Å². The fourth-order valence-electron chi connectivity index (χ4n) is 10.6. The molecule has 7 heterocycles. The summed E-state index contributed by atoms with van der Waals surface area (Å²) < 4.78 is 367. The molecule has 2 bridgehead atoms. The van der Waals surface area contributed by atoms with Gasteiger partial charge in [-0.05, 0) is 0 Å². The van der Waals surface area contributed by atoms with Gasteiger partial charge in [0.25, 0.3) is 0 Å². The predicted octanol–water partition coefficient (Wildman–Crippen LogP) is -7.96. The highest BCUT2D eigenvalue weighted by atomic mass is 32.3. The van der Waals surface area contributed by atoms with E-state index in [0.29, 0.717) is 7.11 Å². The van der Waals surface area contributed by atoms with Gasteiger partial charge in [-0.15, -0.1) is 0 Å². The van der Waals surface area contributed by atoms with Gasteiger partial charge < -0.3 is 90.7 Å². The zero-order valence-corrected chi connectivity index (χ0v) is 54.1. The topological polar surface area (TPSA) is 677 Å². The SMILES string of the molecule is CO[C@H]1O[C@H](COS(=O)(=O)O)[C@@H](O[C@@H]2O[C@]3(C(=O)O)COC2[C@@H](OC)[C@@H]3O[C@H]2O[C@H](COS(=O)(=O)O)[C@@H](O[C@@H]3O[C@H](C(=O)O)[C@@H](O[C@H]4O[C@H](COS(=O)(=O)O)[C@@H](OC)[C@H](OC)[C@H]4OC)[C@H](OC)[C@H]3OC)[C@H](OS(=O)(=O)O)[C@H]2OS(=O)(=O)O)[C@H](OS(=O)(=O)O)[C@H]1OS(=O)(=O)O. The van der Waals surface area contributed by atoms with Crippen LogP contribution in [0.2, 0.25) is 0 Å². The van der Waals surface area contributed by atoms with Crippen LogP contribution in [-0.4, -0.2) is 342 Å². The molecule has 7 fully saturated rings. The summed E-state index contributed by atoms with van der Waals surface area (Å²) in [4.78, 5) is 26.9. The van der Waals surface area contributed by atoms with Gasteiger partial charge in [0.2, 0.25) is 5.60 Å². The molecule has 550 valence electrons. The van der Waals surface area contributed by atoms with Gasteiger partial charge in [-0.3, -0.25) is 31.9 Å². The van der Waals surface area contributed by atoms with Crippen LogP contribution in [-0.2, 0) is 192 Å². The maximum atomic E-state index is 13.7. The summed E-state index contributed by atoms with van der Waals surface area (Å²) in [5.74, 6) is -4.29. The molecule has 56 heteroatoms. The largest absolute Gasteiger partial charge is 0.479 e. The van der Waals surface area contributed by atoms with Crippen molar-refractivity contribution in [3.63, 3.8) is 0 Å². The molecule has 7 rings (SSSR count). The Kier molecular flexibility index (Phi) is 26.9. The first-order valence-corrected chi connectivity index (χ1v) is 35.0. The Hall–Kier alpha value is -2.65. The van der Waals surface area contributed by atoms with Gasteiger partial charge in [0.1, 0.15) is 97.7 Å². The lowest BCUT2D eigenvalue weighted by Gasteiger charge is -2.57. The lowest BCUT2D eigenvalue weighted by Crippen LogP contribution is -2.77. The van der Waals surface area contributed by atoms with E-state index in [1.54, 1.807) is 0 Å². The number of carbonyl (C=O) groups is 2. The van der Waals surface area contributed by atoms with Gasteiger partial charge in [0.15, 0.2) is 49.8 Å². The average Bonchev–Trinajstić information content (AvgIpc) is 0.721. The van der Waals surface area contributed by atoms with Crippen molar-refractivity contribution in [3.05, 3.63) is 0 Å². The fourth-order valence-corrected chi connectivity index (χ4v) is 13.5. The van der Waals surface area contributed by atoms with Crippen LogP contribution in [0.5, 0.6) is 0 Å². The molecule has 0 saturated carbocycles. The monoisotopic (exact) mass is 1530 g/mol.